The van der Waals surface area contributed by atoms with Crippen molar-refractivity contribution in [1.29, 1.82) is 0 Å². The van der Waals surface area contributed by atoms with Crippen LogP contribution in [0.4, 0.5) is 10.5 Å². The molecule has 1 amide bonds. The summed E-state index contributed by atoms with van der Waals surface area (Å²) in [5.74, 6) is 0.439. The van der Waals surface area contributed by atoms with Gasteiger partial charge in [0.05, 0.1) is 17.7 Å². The average Bonchev–Trinajstić information content (AvgIpc) is 2.70. The van der Waals surface area contributed by atoms with Crippen molar-refractivity contribution in [3.05, 3.63) is 48.0 Å². The molecule has 2 rings (SSSR count). The van der Waals surface area contributed by atoms with Gasteiger partial charge in [-0.2, -0.15) is 0 Å². The lowest BCUT2D eigenvalue weighted by Gasteiger charge is -2.27. The number of methoxy groups -OCH3 is 1. The molecule has 0 saturated heterocycles. The van der Waals surface area contributed by atoms with E-state index in [2.05, 4.69) is 0 Å². The number of hydrogen-bond acceptors (Lipinski definition) is 6. The number of phenols is 1. The van der Waals surface area contributed by atoms with Gasteiger partial charge in [0, 0.05) is 6.54 Å². The summed E-state index contributed by atoms with van der Waals surface area (Å²) >= 11 is 0. The van der Waals surface area contributed by atoms with E-state index in [1.807, 2.05) is 13.8 Å². The second-order valence-electron chi connectivity index (χ2n) is 7.71. The zero-order chi connectivity index (χ0) is 23.2. The van der Waals surface area contributed by atoms with E-state index in [4.69, 9.17) is 15.2 Å². The highest BCUT2D eigenvalue weighted by atomic mass is 32.2. The van der Waals surface area contributed by atoms with Crippen LogP contribution in [0.3, 0.4) is 0 Å². The van der Waals surface area contributed by atoms with Crippen LogP contribution in [0.25, 0.3) is 0 Å². The number of aromatic hydroxyl groups is 1. The topological polar surface area (TPSA) is 119 Å². The fourth-order valence-corrected chi connectivity index (χ4v) is 4.74. The van der Waals surface area contributed by atoms with Gasteiger partial charge in [0.25, 0.3) is 10.0 Å². The minimum Gasteiger partial charge on any atom is -0.506 e. The van der Waals surface area contributed by atoms with Crippen LogP contribution in [0.2, 0.25) is 0 Å². The smallest absolute Gasteiger partial charge is 0.404 e. The first-order chi connectivity index (χ1) is 14.5. The molecule has 0 aromatic heterocycles. The van der Waals surface area contributed by atoms with Gasteiger partial charge in [-0.05, 0) is 67.6 Å². The summed E-state index contributed by atoms with van der Waals surface area (Å²) in [5.41, 5.74) is 6.00. The van der Waals surface area contributed by atoms with Crippen LogP contribution in [0.1, 0.15) is 32.8 Å². The largest absolute Gasteiger partial charge is 0.506 e. The Morgan fingerprint density at radius 2 is 1.77 bits per heavy atom. The molecule has 9 heteroatoms. The van der Waals surface area contributed by atoms with E-state index in [9.17, 15) is 18.3 Å². The van der Waals surface area contributed by atoms with E-state index in [0.717, 1.165) is 5.56 Å². The Morgan fingerprint density at radius 3 is 2.29 bits per heavy atom. The van der Waals surface area contributed by atoms with Gasteiger partial charge in [0.1, 0.15) is 17.6 Å². The number of sulfonamides is 1. The van der Waals surface area contributed by atoms with Crippen LogP contribution in [0.15, 0.2) is 47.4 Å². The number of carbonyl (C=O) groups is 1. The third-order valence-electron chi connectivity index (χ3n) is 4.64. The molecule has 0 aliphatic rings. The van der Waals surface area contributed by atoms with Gasteiger partial charge >= 0.3 is 6.09 Å². The van der Waals surface area contributed by atoms with E-state index in [0.29, 0.717) is 18.6 Å². The van der Waals surface area contributed by atoms with Crippen molar-refractivity contribution in [1.82, 2.24) is 0 Å². The number of amides is 1. The molecule has 0 saturated carbocycles. The quantitative estimate of drug-likeness (QED) is 0.570. The molecule has 0 heterocycles. The first kappa shape index (κ1) is 24.3. The lowest BCUT2D eigenvalue weighted by molar-refractivity contribution is 0.111. The number of phenolic OH excluding ortho intramolecular Hbond substituents is 1. The Hall–Kier alpha value is -2.94. The molecule has 8 nitrogen and oxygen atoms in total. The Bertz CT molecular complexity index is 990. The van der Waals surface area contributed by atoms with E-state index >= 15 is 0 Å². The summed E-state index contributed by atoms with van der Waals surface area (Å²) in [7, 11) is -2.39. The monoisotopic (exact) mass is 450 g/mol. The molecule has 0 spiro atoms. The normalized spacial score (nSPS) is 12.4. The second-order valence-corrected chi connectivity index (χ2v) is 9.58. The molecular formula is C22H30N2O6S. The number of carbonyl (C=O) groups excluding carboxylic acids is 1. The zero-order valence-electron chi connectivity index (χ0n) is 18.2. The molecular weight excluding hydrogens is 420 g/mol. The molecule has 170 valence electrons. The number of ether oxygens (including phenoxy) is 2. The molecule has 2 aromatic rings. The number of benzene rings is 2. The van der Waals surface area contributed by atoms with Crippen molar-refractivity contribution in [2.45, 2.75) is 44.6 Å². The van der Waals surface area contributed by atoms with Gasteiger partial charge in [-0.15, -0.1) is 0 Å². The predicted molar refractivity (Wildman–Crippen MR) is 119 cm³/mol. The maximum absolute atomic E-state index is 13.3. The second kappa shape index (κ2) is 10.4. The fraction of sp³-hybridized carbons (Fsp3) is 0.409. The minimum absolute atomic E-state index is 0.0268. The van der Waals surface area contributed by atoms with Crippen LogP contribution in [0, 0.1) is 5.92 Å². The summed E-state index contributed by atoms with van der Waals surface area (Å²) in [4.78, 5) is 10.9. The van der Waals surface area contributed by atoms with Crippen molar-refractivity contribution < 1.29 is 27.8 Å². The summed E-state index contributed by atoms with van der Waals surface area (Å²) in [5, 5.41) is 10.6. The van der Waals surface area contributed by atoms with Crippen molar-refractivity contribution in [3.63, 3.8) is 0 Å². The van der Waals surface area contributed by atoms with Crippen LogP contribution < -0.4 is 14.8 Å². The highest BCUT2D eigenvalue weighted by Crippen LogP contribution is 2.34. The third kappa shape index (κ3) is 6.52. The summed E-state index contributed by atoms with van der Waals surface area (Å²) in [6, 6.07) is 11.0. The predicted octanol–water partition coefficient (Wildman–Crippen LogP) is 3.67. The molecule has 0 radical (unpaired) electrons. The first-order valence-corrected chi connectivity index (χ1v) is 11.4. The van der Waals surface area contributed by atoms with Crippen LogP contribution in [-0.2, 0) is 21.2 Å². The molecule has 1 unspecified atom stereocenters. The zero-order valence-corrected chi connectivity index (χ0v) is 19.1. The van der Waals surface area contributed by atoms with Crippen molar-refractivity contribution in [3.8, 4) is 11.5 Å². The lowest BCUT2D eigenvalue weighted by Crippen LogP contribution is -2.34. The molecule has 1 atom stereocenters. The van der Waals surface area contributed by atoms with E-state index < -0.39 is 16.1 Å². The Morgan fingerprint density at radius 1 is 1.13 bits per heavy atom. The van der Waals surface area contributed by atoms with E-state index in [1.54, 1.807) is 31.2 Å². The molecule has 2 aromatic carbocycles. The highest BCUT2D eigenvalue weighted by molar-refractivity contribution is 7.92. The van der Waals surface area contributed by atoms with Gasteiger partial charge in [0.2, 0.25) is 0 Å². The number of hydrogen-bond donors (Lipinski definition) is 2. The summed E-state index contributed by atoms with van der Waals surface area (Å²) < 4.78 is 37.9. The molecule has 3 N–H and O–H groups in total. The number of rotatable bonds is 10. The SMILES string of the molecule is COc1ccc(S(=O)(=O)N(CC(C)C)c2ccc(CCC(C)OC(N)=O)cc2O)cc1. The molecule has 0 aliphatic carbocycles. The van der Waals surface area contributed by atoms with Gasteiger partial charge in [-0.1, -0.05) is 19.9 Å². The molecule has 0 fully saturated rings. The van der Waals surface area contributed by atoms with E-state index in [-0.39, 0.29) is 34.9 Å². The summed E-state index contributed by atoms with van der Waals surface area (Å²) in [6.07, 6.45) is -0.162. The lowest BCUT2D eigenvalue weighted by atomic mass is 10.1. The van der Waals surface area contributed by atoms with Gasteiger partial charge in [0.15, 0.2) is 0 Å². The molecule has 0 bridgehead atoms. The number of anilines is 1. The van der Waals surface area contributed by atoms with Gasteiger partial charge < -0.3 is 20.3 Å². The van der Waals surface area contributed by atoms with Crippen LogP contribution in [-0.4, -0.2) is 39.4 Å². The Balaban J connectivity index is 2.32. The third-order valence-corrected chi connectivity index (χ3v) is 6.44. The number of nitrogens with zero attached hydrogens (tertiary/aromatic N) is 1. The Kier molecular flexibility index (Phi) is 8.15. The standard InChI is InChI=1S/C22H30N2O6S/c1-15(2)14-24(31(27,28)19-10-8-18(29-4)9-11-19)20-12-7-17(13-21(20)25)6-5-16(3)30-22(23)26/h7-13,15-16,25H,5-6,14H2,1-4H3,(H2,23,26). The molecule has 31 heavy (non-hydrogen) atoms. The first-order valence-electron chi connectivity index (χ1n) is 9.99. The van der Waals surface area contributed by atoms with Gasteiger partial charge in [-0.25, -0.2) is 13.2 Å². The van der Waals surface area contributed by atoms with E-state index in [1.165, 1.54) is 29.6 Å². The summed E-state index contributed by atoms with van der Waals surface area (Å²) in [6.45, 7) is 5.74. The minimum atomic E-state index is -3.90. The Labute approximate surface area is 183 Å². The highest BCUT2D eigenvalue weighted by Gasteiger charge is 2.28. The van der Waals surface area contributed by atoms with Gasteiger partial charge in [-0.3, -0.25) is 4.31 Å². The fourth-order valence-electron chi connectivity index (χ4n) is 3.10. The average molecular weight is 451 g/mol. The maximum Gasteiger partial charge on any atom is 0.404 e. The number of primary amides is 1. The number of nitrogens with two attached hydrogens (primary N) is 1. The van der Waals surface area contributed by atoms with Crippen molar-refractivity contribution in [2.24, 2.45) is 11.7 Å². The van der Waals surface area contributed by atoms with Crippen LogP contribution >= 0.6 is 0 Å². The number of aryl methyl sites for hydroxylation is 1. The maximum atomic E-state index is 13.3. The van der Waals surface area contributed by atoms with Crippen LogP contribution in [0.5, 0.6) is 11.5 Å². The van der Waals surface area contributed by atoms with Crippen molar-refractivity contribution in [2.75, 3.05) is 18.0 Å². The molecule has 0 aliphatic heterocycles. The van der Waals surface area contributed by atoms with Crippen molar-refractivity contribution >= 4 is 21.8 Å².